The number of benzene rings is 1. The molecule has 0 spiro atoms. The molecule has 3 amide bonds. The zero-order valence-electron chi connectivity index (χ0n) is 11.1. The molecule has 2 rings (SSSR count). The van der Waals surface area contributed by atoms with Crippen molar-refractivity contribution in [3.8, 4) is 5.75 Å². The second kappa shape index (κ2) is 6.14. The van der Waals surface area contributed by atoms with Gasteiger partial charge in [-0.1, -0.05) is 0 Å². The highest BCUT2D eigenvalue weighted by Gasteiger charge is 2.33. The first-order valence-electron chi connectivity index (χ1n) is 6.19. The largest absolute Gasteiger partial charge is 0.497 e. The number of carbonyl (C=O) groups is 2. The number of hydrazine groups is 1. The fourth-order valence-electron chi connectivity index (χ4n) is 2.01. The Kier molecular flexibility index (Phi) is 4.29. The van der Waals surface area contributed by atoms with E-state index in [9.17, 15) is 9.59 Å². The van der Waals surface area contributed by atoms with E-state index in [2.05, 4.69) is 10.9 Å². The van der Waals surface area contributed by atoms with Crippen molar-refractivity contribution >= 4 is 17.6 Å². The van der Waals surface area contributed by atoms with Gasteiger partial charge in [0.2, 0.25) is 0 Å². The van der Waals surface area contributed by atoms with Crippen molar-refractivity contribution in [1.82, 2.24) is 10.3 Å². The van der Waals surface area contributed by atoms with Crippen molar-refractivity contribution in [3.63, 3.8) is 0 Å². The quantitative estimate of drug-likeness (QED) is 0.698. The van der Waals surface area contributed by atoms with Gasteiger partial charge in [0.1, 0.15) is 11.8 Å². The Bertz CT molecular complexity index is 489. The third-order valence-electron chi connectivity index (χ3n) is 3.10. The van der Waals surface area contributed by atoms with E-state index in [1.807, 2.05) is 6.42 Å². The third kappa shape index (κ3) is 3.11. The van der Waals surface area contributed by atoms with E-state index in [1.165, 1.54) is 4.90 Å². The molecule has 7 heteroatoms. The van der Waals surface area contributed by atoms with Crippen LogP contribution in [0.15, 0.2) is 24.3 Å². The molecule has 1 unspecified atom stereocenters. The van der Waals surface area contributed by atoms with Crippen molar-refractivity contribution in [2.45, 2.75) is 12.5 Å². The molecule has 0 aliphatic carbocycles. The molecule has 107 valence electrons. The lowest BCUT2D eigenvalue weighted by Crippen LogP contribution is -2.49. The number of nitrogens with two attached hydrogens (primary N) is 1. The van der Waals surface area contributed by atoms with Gasteiger partial charge in [0.25, 0.3) is 5.91 Å². The Balaban J connectivity index is 1.89. The van der Waals surface area contributed by atoms with Crippen molar-refractivity contribution in [3.05, 3.63) is 30.7 Å². The molecule has 1 radical (unpaired) electrons. The van der Waals surface area contributed by atoms with Crippen LogP contribution in [0.4, 0.5) is 10.5 Å². The third-order valence-corrected chi connectivity index (χ3v) is 3.10. The maximum atomic E-state index is 12.0. The van der Waals surface area contributed by atoms with Gasteiger partial charge >= 0.3 is 6.03 Å². The van der Waals surface area contributed by atoms with Crippen LogP contribution in [0.5, 0.6) is 5.75 Å². The van der Waals surface area contributed by atoms with Gasteiger partial charge in [-0.2, -0.15) is 0 Å². The number of hydrogen-bond acceptors (Lipinski definition) is 4. The van der Waals surface area contributed by atoms with Crippen molar-refractivity contribution in [1.29, 1.82) is 0 Å². The second-order valence-corrected chi connectivity index (χ2v) is 4.37. The summed E-state index contributed by atoms with van der Waals surface area (Å²) in [5.41, 5.74) is 11.3. The standard InChI is InChI=1S/C13H17N4O3/c1-20-10-6-4-9(5-7-10)15-16-12(18)11-3-2-8-17(11)13(14)19/h2,4-7,11,15H,3,8H2,1H3,(H2,14,19)(H,16,18). The first-order chi connectivity index (χ1) is 9.61. The van der Waals surface area contributed by atoms with Gasteiger partial charge < -0.3 is 15.4 Å². The lowest BCUT2D eigenvalue weighted by molar-refractivity contribution is -0.124. The summed E-state index contributed by atoms with van der Waals surface area (Å²) in [6.45, 7) is 0.399. The summed E-state index contributed by atoms with van der Waals surface area (Å²) in [4.78, 5) is 24.5. The number of rotatable bonds is 4. The number of hydrogen-bond donors (Lipinski definition) is 3. The van der Waals surface area contributed by atoms with Crippen LogP contribution in [-0.2, 0) is 4.79 Å². The molecule has 1 fully saturated rings. The minimum Gasteiger partial charge on any atom is -0.497 e. The van der Waals surface area contributed by atoms with Gasteiger partial charge in [0.15, 0.2) is 0 Å². The molecule has 7 nitrogen and oxygen atoms in total. The Morgan fingerprint density at radius 1 is 1.35 bits per heavy atom. The summed E-state index contributed by atoms with van der Waals surface area (Å²) in [6, 6.07) is 5.93. The van der Waals surface area contributed by atoms with E-state index < -0.39 is 12.1 Å². The van der Waals surface area contributed by atoms with Gasteiger partial charge in [-0.05, 0) is 37.1 Å². The highest BCUT2D eigenvalue weighted by Crippen LogP contribution is 2.17. The summed E-state index contributed by atoms with van der Waals surface area (Å²) < 4.78 is 5.04. The number of nitrogens with zero attached hydrogens (tertiary/aromatic N) is 1. The molecule has 20 heavy (non-hydrogen) atoms. The van der Waals surface area contributed by atoms with Crippen LogP contribution in [0.3, 0.4) is 0 Å². The molecule has 0 aromatic heterocycles. The number of methoxy groups -OCH3 is 1. The molecule has 1 aromatic carbocycles. The van der Waals surface area contributed by atoms with E-state index in [1.54, 1.807) is 31.4 Å². The number of likely N-dealkylation sites (tertiary alicyclic amines) is 1. The van der Waals surface area contributed by atoms with Gasteiger partial charge in [-0.3, -0.25) is 15.6 Å². The summed E-state index contributed by atoms with van der Waals surface area (Å²) in [5, 5.41) is 0. The molecule has 1 aliphatic heterocycles. The average Bonchev–Trinajstić information content (AvgIpc) is 2.95. The Morgan fingerprint density at radius 3 is 2.65 bits per heavy atom. The van der Waals surface area contributed by atoms with Gasteiger partial charge in [-0.15, -0.1) is 0 Å². The molecule has 4 N–H and O–H groups in total. The summed E-state index contributed by atoms with van der Waals surface area (Å²) in [7, 11) is 1.58. The highest BCUT2D eigenvalue weighted by molar-refractivity contribution is 5.88. The number of carbonyl (C=O) groups excluding carboxylic acids is 2. The number of anilines is 1. The maximum Gasteiger partial charge on any atom is 0.315 e. The monoisotopic (exact) mass is 277 g/mol. The van der Waals surface area contributed by atoms with Crippen LogP contribution in [0.2, 0.25) is 0 Å². The summed E-state index contributed by atoms with van der Waals surface area (Å²) >= 11 is 0. The first kappa shape index (κ1) is 14.0. The molecular weight excluding hydrogens is 260 g/mol. The van der Waals surface area contributed by atoms with Crippen LogP contribution < -0.4 is 21.3 Å². The van der Waals surface area contributed by atoms with Gasteiger partial charge in [0, 0.05) is 6.54 Å². The van der Waals surface area contributed by atoms with Crippen LogP contribution in [0.25, 0.3) is 0 Å². The Morgan fingerprint density at radius 2 is 2.05 bits per heavy atom. The molecule has 1 atom stereocenters. The second-order valence-electron chi connectivity index (χ2n) is 4.37. The Hall–Kier alpha value is -2.44. The maximum absolute atomic E-state index is 12.0. The molecule has 1 aromatic rings. The minimum absolute atomic E-state index is 0.298. The van der Waals surface area contributed by atoms with Crippen molar-refractivity contribution in [2.75, 3.05) is 19.1 Å². The zero-order chi connectivity index (χ0) is 14.5. The molecule has 1 aliphatic rings. The normalized spacial score (nSPS) is 17.6. The zero-order valence-corrected chi connectivity index (χ0v) is 11.1. The average molecular weight is 277 g/mol. The van der Waals surface area contributed by atoms with Crippen LogP contribution in [-0.4, -0.2) is 36.5 Å². The number of nitrogens with one attached hydrogen (secondary N) is 2. The molecule has 0 saturated carbocycles. The minimum atomic E-state index is -0.594. The van der Waals surface area contributed by atoms with Crippen LogP contribution in [0.1, 0.15) is 6.42 Å². The SMILES string of the molecule is COc1ccc(NNC(=O)C2C[CH]CN2C(N)=O)cc1. The number of primary amides is 1. The van der Waals surface area contributed by atoms with Crippen molar-refractivity contribution < 1.29 is 14.3 Å². The van der Waals surface area contributed by atoms with E-state index in [0.717, 1.165) is 5.75 Å². The van der Waals surface area contributed by atoms with Crippen LogP contribution in [0, 0.1) is 6.42 Å². The van der Waals surface area contributed by atoms with Crippen LogP contribution >= 0.6 is 0 Å². The van der Waals surface area contributed by atoms with E-state index >= 15 is 0 Å². The smallest absolute Gasteiger partial charge is 0.315 e. The highest BCUT2D eigenvalue weighted by atomic mass is 16.5. The van der Waals surface area contributed by atoms with E-state index in [-0.39, 0.29) is 5.91 Å². The lowest BCUT2D eigenvalue weighted by Gasteiger charge is -2.22. The van der Waals surface area contributed by atoms with E-state index in [0.29, 0.717) is 18.7 Å². The lowest BCUT2D eigenvalue weighted by atomic mass is 10.2. The van der Waals surface area contributed by atoms with Gasteiger partial charge in [0.05, 0.1) is 12.8 Å². The first-order valence-corrected chi connectivity index (χ1v) is 6.19. The number of amides is 3. The van der Waals surface area contributed by atoms with Crippen molar-refractivity contribution in [2.24, 2.45) is 5.73 Å². The molecular formula is C13H17N4O3. The number of urea groups is 1. The topological polar surface area (TPSA) is 96.7 Å². The van der Waals surface area contributed by atoms with E-state index in [4.69, 9.17) is 10.5 Å². The fraction of sp³-hybridized carbons (Fsp3) is 0.308. The number of ether oxygens (including phenoxy) is 1. The molecule has 0 bridgehead atoms. The summed E-state index contributed by atoms with van der Waals surface area (Å²) in [5.74, 6) is 0.431. The summed E-state index contributed by atoms with van der Waals surface area (Å²) in [6.07, 6.45) is 2.35. The predicted octanol–water partition coefficient (Wildman–Crippen LogP) is 0.496. The Labute approximate surface area is 117 Å². The molecule has 1 heterocycles. The predicted molar refractivity (Wildman–Crippen MR) is 73.8 cm³/mol. The van der Waals surface area contributed by atoms with Gasteiger partial charge in [-0.25, -0.2) is 4.79 Å². The fourth-order valence-corrected chi connectivity index (χ4v) is 2.01. The molecule has 1 saturated heterocycles.